The zero-order chi connectivity index (χ0) is 32.2. The Hall–Kier alpha value is -5.87. The van der Waals surface area contributed by atoms with Gasteiger partial charge in [0.15, 0.2) is 5.82 Å². The van der Waals surface area contributed by atoms with Crippen LogP contribution in [0.4, 0.5) is 4.39 Å². The summed E-state index contributed by atoms with van der Waals surface area (Å²) in [4.78, 5) is 18.5. The van der Waals surface area contributed by atoms with Gasteiger partial charge >= 0.3 is 0 Å². The molecule has 3 heterocycles. The molecule has 7 aromatic rings. The number of fused-ring (bicyclic) bond motifs is 1. The molecule has 0 amide bonds. The van der Waals surface area contributed by atoms with Crippen molar-refractivity contribution in [3.05, 3.63) is 153 Å². The highest BCUT2D eigenvalue weighted by Gasteiger charge is 2.15. The van der Waals surface area contributed by atoms with Crippen molar-refractivity contribution in [1.82, 2.24) is 24.4 Å². The maximum Gasteiger partial charge on any atom is 0.291 e. The molecular weight excluding hydrogens is 614 g/mol. The standard InChI is InChI=1S/C37H28FN5O3S/c1-2-45-31-18-13-25(14-19-31)15-20-34-39-37-43(40-34)36(44)33(47-37)22-28-23-42(30-8-4-3-5-9-30)41-35(28)27-7-6-10-32(21-27)46-24-26-11-16-29(38)17-12-26/h3-23H,2,24H2,1H3/b20-15+,33-22-. The highest BCUT2D eigenvalue weighted by atomic mass is 32.1. The number of rotatable bonds is 10. The first-order valence-electron chi connectivity index (χ1n) is 15.0. The molecule has 0 aliphatic rings. The van der Waals surface area contributed by atoms with E-state index >= 15 is 0 Å². The smallest absolute Gasteiger partial charge is 0.291 e. The zero-order valence-electron chi connectivity index (χ0n) is 25.3. The minimum absolute atomic E-state index is 0.256. The highest BCUT2D eigenvalue weighted by molar-refractivity contribution is 7.15. The lowest BCUT2D eigenvalue weighted by atomic mass is 10.1. The predicted molar refractivity (Wildman–Crippen MR) is 182 cm³/mol. The number of benzene rings is 4. The van der Waals surface area contributed by atoms with Gasteiger partial charge in [0.1, 0.15) is 29.6 Å². The summed E-state index contributed by atoms with van der Waals surface area (Å²) in [6.45, 7) is 2.85. The fourth-order valence-corrected chi connectivity index (χ4v) is 5.89. The number of hydrogen-bond acceptors (Lipinski definition) is 7. The topological polar surface area (TPSA) is 83.5 Å². The zero-order valence-corrected chi connectivity index (χ0v) is 26.1. The van der Waals surface area contributed by atoms with Crippen LogP contribution >= 0.6 is 11.3 Å². The Labute approximate surface area is 273 Å². The van der Waals surface area contributed by atoms with E-state index in [-0.39, 0.29) is 11.4 Å². The lowest BCUT2D eigenvalue weighted by Gasteiger charge is -2.08. The molecule has 0 N–H and O–H groups in total. The van der Waals surface area contributed by atoms with Crippen molar-refractivity contribution >= 4 is 34.5 Å². The Balaban J connectivity index is 1.20. The van der Waals surface area contributed by atoms with E-state index in [2.05, 4.69) is 10.1 Å². The SMILES string of the molecule is CCOc1ccc(/C=C/c2nc3s/c(=C\c4cn(-c5ccccc5)nc4-c4cccc(OCc5ccc(F)cc5)c4)c(=O)n3n2)cc1. The van der Waals surface area contributed by atoms with E-state index in [9.17, 15) is 9.18 Å². The second kappa shape index (κ2) is 13.2. The minimum atomic E-state index is -0.290. The Bertz CT molecular complexity index is 2290. The third-order valence-electron chi connectivity index (χ3n) is 7.29. The van der Waals surface area contributed by atoms with Crippen LogP contribution in [0.3, 0.4) is 0 Å². The maximum atomic E-state index is 13.5. The van der Waals surface area contributed by atoms with E-state index in [1.54, 1.807) is 22.9 Å². The van der Waals surface area contributed by atoms with Crippen LogP contribution in [0.25, 0.3) is 40.1 Å². The van der Waals surface area contributed by atoms with Gasteiger partial charge in [-0.05, 0) is 78.7 Å². The minimum Gasteiger partial charge on any atom is -0.494 e. The number of thiazole rings is 1. The van der Waals surface area contributed by atoms with Gasteiger partial charge in [0.2, 0.25) is 4.96 Å². The van der Waals surface area contributed by atoms with Crippen LogP contribution in [0.2, 0.25) is 0 Å². The Morgan fingerprint density at radius 1 is 0.851 bits per heavy atom. The molecule has 232 valence electrons. The largest absolute Gasteiger partial charge is 0.494 e. The maximum absolute atomic E-state index is 13.5. The van der Waals surface area contributed by atoms with E-state index in [0.29, 0.717) is 40.0 Å². The van der Waals surface area contributed by atoms with Gasteiger partial charge in [-0.15, -0.1) is 5.10 Å². The van der Waals surface area contributed by atoms with Gasteiger partial charge in [-0.25, -0.2) is 9.07 Å². The molecule has 0 fully saturated rings. The van der Waals surface area contributed by atoms with Crippen LogP contribution in [-0.4, -0.2) is 31.0 Å². The van der Waals surface area contributed by atoms with Crippen LogP contribution in [0.1, 0.15) is 29.4 Å². The normalized spacial score (nSPS) is 11.9. The molecule has 0 atom stereocenters. The first-order valence-corrected chi connectivity index (χ1v) is 15.8. The van der Waals surface area contributed by atoms with Gasteiger partial charge in [-0.1, -0.05) is 72.0 Å². The summed E-state index contributed by atoms with van der Waals surface area (Å²) in [7, 11) is 0. The summed E-state index contributed by atoms with van der Waals surface area (Å²) in [5, 5.41) is 9.35. The lowest BCUT2D eigenvalue weighted by molar-refractivity contribution is 0.306. The van der Waals surface area contributed by atoms with Crippen molar-refractivity contribution in [1.29, 1.82) is 0 Å². The fourth-order valence-electron chi connectivity index (χ4n) is 4.98. The van der Waals surface area contributed by atoms with E-state index in [4.69, 9.17) is 14.6 Å². The molecule has 0 spiro atoms. The van der Waals surface area contributed by atoms with E-state index in [1.807, 2.05) is 104 Å². The first-order chi connectivity index (χ1) is 23.0. The van der Waals surface area contributed by atoms with Crippen LogP contribution in [0.5, 0.6) is 11.5 Å². The highest BCUT2D eigenvalue weighted by Crippen LogP contribution is 2.28. The number of nitrogens with zero attached hydrogens (tertiary/aromatic N) is 5. The van der Waals surface area contributed by atoms with Crippen molar-refractivity contribution in [2.45, 2.75) is 13.5 Å². The monoisotopic (exact) mass is 641 g/mol. The Morgan fingerprint density at radius 3 is 2.43 bits per heavy atom. The van der Waals surface area contributed by atoms with Gasteiger partial charge in [0, 0.05) is 17.3 Å². The van der Waals surface area contributed by atoms with Crippen LogP contribution in [0.15, 0.2) is 114 Å². The molecule has 0 saturated heterocycles. The third kappa shape index (κ3) is 6.73. The molecule has 3 aromatic heterocycles. The van der Waals surface area contributed by atoms with Crippen LogP contribution in [0, 0.1) is 5.82 Å². The molecule has 0 aliphatic heterocycles. The molecule has 0 unspecified atom stereocenters. The van der Waals surface area contributed by atoms with Crippen LogP contribution in [-0.2, 0) is 6.61 Å². The molecule has 8 nitrogen and oxygen atoms in total. The number of ether oxygens (including phenoxy) is 2. The van der Waals surface area contributed by atoms with Gasteiger partial charge in [0.25, 0.3) is 5.56 Å². The summed E-state index contributed by atoms with van der Waals surface area (Å²) >= 11 is 1.27. The van der Waals surface area contributed by atoms with Crippen molar-refractivity contribution in [3.8, 4) is 28.4 Å². The quantitative estimate of drug-likeness (QED) is 0.163. The van der Waals surface area contributed by atoms with Gasteiger partial charge in [0.05, 0.1) is 16.8 Å². The van der Waals surface area contributed by atoms with Crippen LogP contribution < -0.4 is 19.6 Å². The van der Waals surface area contributed by atoms with Crippen molar-refractivity contribution in [3.63, 3.8) is 0 Å². The van der Waals surface area contributed by atoms with E-state index in [1.165, 1.54) is 28.0 Å². The van der Waals surface area contributed by atoms with E-state index < -0.39 is 0 Å². The average molecular weight is 642 g/mol. The van der Waals surface area contributed by atoms with Gasteiger partial charge in [-0.3, -0.25) is 4.79 Å². The number of aromatic nitrogens is 5. The Kier molecular flexibility index (Phi) is 8.40. The molecule has 47 heavy (non-hydrogen) atoms. The number of hydrogen-bond donors (Lipinski definition) is 0. The average Bonchev–Trinajstić information content (AvgIpc) is 3.79. The van der Waals surface area contributed by atoms with E-state index in [0.717, 1.165) is 33.7 Å². The molecule has 10 heteroatoms. The fraction of sp³-hybridized carbons (Fsp3) is 0.0811. The molecule has 4 aromatic carbocycles. The summed E-state index contributed by atoms with van der Waals surface area (Å²) < 4.78 is 28.5. The first kappa shape index (κ1) is 29.8. The molecular formula is C37H28FN5O3S. The van der Waals surface area contributed by atoms with Gasteiger partial charge in [-0.2, -0.15) is 14.6 Å². The Morgan fingerprint density at radius 2 is 1.66 bits per heavy atom. The van der Waals surface area contributed by atoms with Crippen molar-refractivity contribution in [2.75, 3.05) is 6.61 Å². The molecule has 0 aliphatic carbocycles. The second-order valence-electron chi connectivity index (χ2n) is 10.6. The molecule has 7 rings (SSSR count). The lowest BCUT2D eigenvalue weighted by Crippen LogP contribution is -2.23. The summed E-state index contributed by atoms with van der Waals surface area (Å²) in [6.07, 6.45) is 7.41. The molecule has 0 bridgehead atoms. The summed E-state index contributed by atoms with van der Waals surface area (Å²) in [5.74, 6) is 1.61. The summed E-state index contributed by atoms with van der Waals surface area (Å²) in [5.41, 5.74) is 4.69. The second-order valence-corrected chi connectivity index (χ2v) is 11.6. The molecule has 0 saturated carbocycles. The third-order valence-corrected chi connectivity index (χ3v) is 8.25. The number of halogens is 1. The predicted octanol–water partition coefficient (Wildman–Crippen LogP) is 6.84. The van der Waals surface area contributed by atoms with Gasteiger partial charge < -0.3 is 9.47 Å². The molecule has 0 radical (unpaired) electrons. The van der Waals surface area contributed by atoms with Crippen molar-refractivity contribution < 1.29 is 13.9 Å². The number of para-hydroxylation sites is 1. The summed E-state index contributed by atoms with van der Waals surface area (Å²) in [6, 6.07) is 31.3. The van der Waals surface area contributed by atoms with Crippen molar-refractivity contribution in [2.24, 2.45) is 0 Å².